The zero-order valence-electron chi connectivity index (χ0n) is 10.5. The quantitative estimate of drug-likeness (QED) is 0.516. The first-order chi connectivity index (χ1) is 9.90. The van der Waals surface area contributed by atoms with Crippen molar-refractivity contribution in [2.24, 2.45) is 0 Å². The van der Waals surface area contributed by atoms with Crippen molar-refractivity contribution in [2.75, 3.05) is 11.1 Å². The molecule has 0 radical (unpaired) electrons. The number of carbonyl (C=O) groups is 1. The molecule has 0 saturated heterocycles. The van der Waals surface area contributed by atoms with Crippen LogP contribution in [0.5, 0.6) is 0 Å². The maximum atomic E-state index is 13.2. The van der Waals surface area contributed by atoms with Gasteiger partial charge in [0.05, 0.1) is 22.4 Å². The van der Waals surface area contributed by atoms with Crippen LogP contribution < -0.4 is 11.1 Å². The zero-order chi connectivity index (χ0) is 15.6. The molecule has 0 aliphatic carbocycles. The van der Waals surface area contributed by atoms with Gasteiger partial charge in [0, 0.05) is 0 Å². The first-order valence-corrected chi connectivity index (χ1v) is 5.69. The Balaban J connectivity index is 2.42. The molecule has 0 fully saturated rings. The van der Waals surface area contributed by atoms with E-state index in [9.17, 15) is 23.7 Å². The highest BCUT2D eigenvalue weighted by atomic mass is 19.2. The first kappa shape index (κ1) is 14.4. The van der Waals surface area contributed by atoms with Gasteiger partial charge in [-0.25, -0.2) is 8.78 Å². The molecule has 0 heterocycles. The maximum Gasteiger partial charge on any atom is 0.285 e. The fourth-order valence-corrected chi connectivity index (χ4v) is 1.67. The molecule has 21 heavy (non-hydrogen) atoms. The van der Waals surface area contributed by atoms with E-state index in [4.69, 9.17) is 5.73 Å². The number of nitrogens with two attached hydrogens (primary N) is 1. The average molecular weight is 293 g/mol. The van der Waals surface area contributed by atoms with E-state index in [1.807, 2.05) is 0 Å². The van der Waals surface area contributed by atoms with Gasteiger partial charge < -0.3 is 11.1 Å². The highest BCUT2D eigenvalue weighted by molar-refractivity contribution is 6.08. The topological polar surface area (TPSA) is 98.3 Å². The van der Waals surface area contributed by atoms with Crippen molar-refractivity contribution in [1.82, 2.24) is 0 Å². The molecule has 2 aromatic carbocycles. The van der Waals surface area contributed by atoms with Crippen LogP contribution in [0, 0.1) is 21.7 Å². The summed E-state index contributed by atoms with van der Waals surface area (Å²) in [5.41, 5.74) is 4.63. The molecular weight excluding hydrogens is 284 g/mol. The number of para-hydroxylation sites is 2. The van der Waals surface area contributed by atoms with Gasteiger partial charge in [-0.3, -0.25) is 14.9 Å². The Morgan fingerprint density at radius 3 is 2.43 bits per heavy atom. The molecule has 2 aromatic rings. The molecule has 0 saturated carbocycles. The summed E-state index contributed by atoms with van der Waals surface area (Å²) < 4.78 is 26.2. The van der Waals surface area contributed by atoms with E-state index in [1.54, 1.807) is 12.1 Å². The largest absolute Gasteiger partial charge is 0.397 e. The second-order valence-corrected chi connectivity index (χ2v) is 4.08. The Labute approximate surface area is 117 Å². The molecule has 2 rings (SSSR count). The predicted octanol–water partition coefficient (Wildman–Crippen LogP) is 2.71. The average Bonchev–Trinajstić information content (AvgIpc) is 2.43. The fourth-order valence-electron chi connectivity index (χ4n) is 1.67. The van der Waals surface area contributed by atoms with Gasteiger partial charge >= 0.3 is 0 Å². The van der Waals surface area contributed by atoms with Crippen LogP contribution in [0.25, 0.3) is 0 Å². The minimum absolute atomic E-state index is 0.210. The van der Waals surface area contributed by atoms with Gasteiger partial charge in [0.25, 0.3) is 11.6 Å². The zero-order valence-corrected chi connectivity index (χ0v) is 10.5. The standard InChI is InChI=1S/C13H9F2N3O3/c14-8-5-7(12(18(20)21)6-9(8)15)13(19)17-11-4-2-1-3-10(11)16/h1-6H,16H2,(H,17,19). The molecule has 8 heteroatoms. The minimum atomic E-state index is -1.41. The van der Waals surface area contributed by atoms with Gasteiger partial charge in [-0.1, -0.05) is 12.1 Å². The lowest BCUT2D eigenvalue weighted by Gasteiger charge is -2.08. The molecule has 0 unspecified atom stereocenters. The molecule has 0 aromatic heterocycles. The van der Waals surface area contributed by atoms with Crippen LogP contribution in [0.2, 0.25) is 0 Å². The van der Waals surface area contributed by atoms with E-state index < -0.39 is 33.7 Å². The molecule has 108 valence electrons. The molecule has 0 atom stereocenters. The summed E-state index contributed by atoms with van der Waals surface area (Å²) in [5.74, 6) is -3.72. The van der Waals surface area contributed by atoms with Crippen LogP contribution in [0.1, 0.15) is 10.4 Å². The minimum Gasteiger partial charge on any atom is -0.397 e. The second-order valence-electron chi connectivity index (χ2n) is 4.08. The number of halogens is 2. The lowest BCUT2D eigenvalue weighted by Crippen LogP contribution is -2.15. The second kappa shape index (κ2) is 5.53. The Morgan fingerprint density at radius 2 is 1.81 bits per heavy atom. The van der Waals surface area contributed by atoms with Crippen LogP contribution in [0.3, 0.4) is 0 Å². The summed E-state index contributed by atoms with van der Waals surface area (Å²) in [6, 6.07) is 7.03. The first-order valence-electron chi connectivity index (χ1n) is 5.69. The van der Waals surface area contributed by atoms with Gasteiger partial charge in [0.15, 0.2) is 11.6 Å². The van der Waals surface area contributed by atoms with Gasteiger partial charge in [-0.15, -0.1) is 0 Å². The van der Waals surface area contributed by atoms with Gasteiger partial charge in [0.2, 0.25) is 0 Å². The van der Waals surface area contributed by atoms with Gasteiger partial charge in [-0.05, 0) is 18.2 Å². The number of amides is 1. The van der Waals surface area contributed by atoms with E-state index >= 15 is 0 Å². The van der Waals surface area contributed by atoms with Crippen LogP contribution in [0.15, 0.2) is 36.4 Å². The van der Waals surface area contributed by atoms with E-state index in [0.717, 1.165) is 0 Å². The number of nitrogens with zero attached hydrogens (tertiary/aromatic N) is 1. The van der Waals surface area contributed by atoms with Crippen molar-refractivity contribution in [3.05, 3.63) is 63.7 Å². The van der Waals surface area contributed by atoms with Crippen molar-refractivity contribution in [2.45, 2.75) is 0 Å². The number of rotatable bonds is 3. The third-order valence-electron chi connectivity index (χ3n) is 2.69. The van der Waals surface area contributed by atoms with Crippen LogP contribution >= 0.6 is 0 Å². The van der Waals surface area contributed by atoms with Crippen LogP contribution in [-0.2, 0) is 0 Å². The Hall–Kier alpha value is -3.03. The third-order valence-corrected chi connectivity index (χ3v) is 2.69. The Bertz CT molecular complexity index is 735. The number of hydrogen-bond acceptors (Lipinski definition) is 4. The summed E-state index contributed by atoms with van der Waals surface area (Å²) in [6.45, 7) is 0. The fraction of sp³-hybridized carbons (Fsp3) is 0. The SMILES string of the molecule is Nc1ccccc1NC(=O)c1cc(F)c(F)cc1[N+](=O)[O-]. The molecule has 0 bridgehead atoms. The van der Waals surface area contributed by atoms with Crippen molar-refractivity contribution >= 4 is 23.0 Å². The number of nitrogen functional groups attached to an aromatic ring is 1. The molecule has 3 N–H and O–H groups in total. The highest BCUT2D eigenvalue weighted by Crippen LogP contribution is 2.24. The van der Waals surface area contributed by atoms with Crippen molar-refractivity contribution in [3.8, 4) is 0 Å². The van der Waals surface area contributed by atoms with Gasteiger partial charge in [0.1, 0.15) is 5.56 Å². The summed E-state index contributed by atoms with van der Waals surface area (Å²) in [4.78, 5) is 21.8. The highest BCUT2D eigenvalue weighted by Gasteiger charge is 2.24. The van der Waals surface area contributed by atoms with Crippen molar-refractivity contribution < 1.29 is 18.5 Å². The number of nitro benzene ring substituents is 1. The van der Waals surface area contributed by atoms with Crippen LogP contribution in [-0.4, -0.2) is 10.8 Å². The smallest absolute Gasteiger partial charge is 0.285 e. The summed E-state index contributed by atoms with van der Waals surface area (Å²) in [6.07, 6.45) is 0. The third kappa shape index (κ3) is 2.94. The predicted molar refractivity (Wildman–Crippen MR) is 71.8 cm³/mol. The maximum absolute atomic E-state index is 13.2. The van der Waals surface area contributed by atoms with E-state index in [2.05, 4.69) is 5.32 Å². The molecule has 0 aliphatic rings. The Kier molecular flexibility index (Phi) is 3.79. The summed E-state index contributed by atoms with van der Waals surface area (Å²) in [7, 11) is 0. The lowest BCUT2D eigenvalue weighted by molar-refractivity contribution is -0.385. The molecular formula is C13H9F2N3O3. The van der Waals surface area contributed by atoms with E-state index in [1.165, 1.54) is 12.1 Å². The molecule has 6 nitrogen and oxygen atoms in total. The monoisotopic (exact) mass is 293 g/mol. The number of hydrogen-bond donors (Lipinski definition) is 2. The molecule has 0 spiro atoms. The summed E-state index contributed by atoms with van der Waals surface area (Å²) in [5, 5.41) is 13.1. The number of benzene rings is 2. The van der Waals surface area contributed by atoms with Crippen molar-refractivity contribution in [1.29, 1.82) is 0 Å². The van der Waals surface area contributed by atoms with E-state index in [0.29, 0.717) is 12.1 Å². The number of nitrogens with one attached hydrogen (secondary N) is 1. The van der Waals surface area contributed by atoms with Gasteiger partial charge in [-0.2, -0.15) is 0 Å². The number of anilines is 2. The summed E-state index contributed by atoms with van der Waals surface area (Å²) >= 11 is 0. The number of nitro groups is 1. The Morgan fingerprint density at radius 1 is 1.19 bits per heavy atom. The van der Waals surface area contributed by atoms with Crippen LogP contribution in [0.4, 0.5) is 25.8 Å². The molecule has 0 aliphatic heterocycles. The van der Waals surface area contributed by atoms with Crippen molar-refractivity contribution in [3.63, 3.8) is 0 Å². The van der Waals surface area contributed by atoms with E-state index in [-0.39, 0.29) is 11.4 Å². The normalized spacial score (nSPS) is 10.2. The lowest BCUT2D eigenvalue weighted by atomic mass is 10.1. The molecule has 1 amide bonds. The number of carbonyl (C=O) groups excluding carboxylic acids is 1.